The molecule has 0 atom stereocenters. The second kappa shape index (κ2) is 5.01. The number of esters is 1. The van der Waals surface area contributed by atoms with Crippen molar-refractivity contribution in [3.8, 4) is 0 Å². The van der Waals surface area contributed by atoms with Crippen LogP contribution in [-0.2, 0) is 9.53 Å². The molecule has 1 fully saturated rings. The van der Waals surface area contributed by atoms with Crippen LogP contribution in [0.25, 0.3) is 0 Å². The third-order valence-corrected chi connectivity index (χ3v) is 3.71. The maximum atomic E-state index is 14.2. The number of rotatable bonds is 3. The lowest BCUT2D eigenvalue weighted by atomic mass is 9.68. The number of hydrogen-bond acceptors (Lipinski definition) is 2. The summed E-state index contributed by atoms with van der Waals surface area (Å²) in [7, 11) is 0. The van der Waals surface area contributed by atoms with Crippen LogP contribution in [0.2, 0.25) is 0 Å². The average molecular weight is 376 g/mol. The molecule has 0 aromatic carbocycles. The Kier molecular flexibility index (Phi) is 4.29. The molecule has 1 saturated carbocycles. The van der Waals surface area contributed by atoms with Crippen LogP contribution in [-0.4, -0.2) is 47.6 Å². The summed E-state index contributed by atoms with van der Waals surface area (Å²) in [4.78, 5) is 11.0. The Hall–Kier alpha value is -1.49. The molecule has 0 spiro atoms. The molecule has 0 aromatic rings. The Bertz CT molecular complexity index is 536. The molecule has 0 saturated heterocycles. The second-order valence-electron chi connectivity index (χ2n) is 5.46. The van der Waals surface area contributed by atoms with Gasteiger partial charge in [0.1, 0.15) is 6.61 Å². The molecular weight excluding hydrogens is 366 g/mol. The molecular formula is C12H10F10O2. The van der Waals surface area contributed by atoms with Crippen LogP contribution in [0.5, 0.6) is 0 Å². The molecule has 1 aliphatic carbocycles. The van der Waals surface area contributed by atoms with E-state index in [1.807, 2.05) is 0 Å². The van der Waals surface area contributed by atoms with Gasteiger partial charge in [-0.25, -0.2) is 13.6 Å². The first-order chi connectivity index (χ1) is 10.3. The Morgan fingerprint density at radius 1 is 0.833 bits per heavy atom. The van der Waals surface area contributed by atoms with E-state index in [0.717, 1.165) is 6.92 Å². The van der Waals surface area contributed by atoms with Gasteiger partial charge in [0.2, 0.25) is 5.67 Å². The van der Waals surface area contributed by atoms with Gasteiger partial charge in [-0.3, -0.25) is 0 Å². The summed E-state index contributed by atoms with van der Waals surface area (Å²) in [5, 5.41) is 0. The van der Waals surface area contributed by atoms with E-state index in [2.05, 4.69) is 11.3 Å². The van der Waals surface area contributed by atoms with Gasteiger partial charge < -0.3 is 4.74 Å². The first-order valence-corrected chi connectivity index (χ1v) is 6.04. The van der Waals surface area contributed by atoms with Gasteiger partial charge in [0.25, 0.3) is 5.67 Å². The van der Waals surface area contributed by atoms with Crippen molar-refractivity contribution in [1.29, 1.82) is 0 Å². The summed E-state index contributed by atoms with van der Waals surface area (Å²) in [6.07, 6.45) is 0. The molecule has 2 nitrogen and oxygen atoms in total. The topological polar surface area (TPSA) is 26.3 Å². The average Bonchev–Trinajstić information content (AvgIpc) is 2.41. The van der Waals surface area contributed by atoms with Gasteiger partial charge in [0, 0.05) is 5.57 Å². The van der Waals surface area contributed by atoms with Gasteiger partial charge in [0.15, 0.2) is 0 Å². The predicted molar refractivity (Wildman–Crippen MR) is 58.9 cm³/mol. The van der Waals surface area contributed by atoms with E-state index in [0.29, 0.717) is 0 Å². The quantitative estimate of drug-likeness (QED) is 0.421. The van der Waals surface area contributed by atoms with E-state index in [-0.39, 0.29) is 0 Å². The van der Waals surface area contributed by atoms with Crippen molar-refractivity contribution >= 4 is 5.97 Å². The summed E-state index contributed by atoms with van der Waals surface area (Å²) >= 11 is 0. The second-order valence-corrected chi connectivity index (χ2v) is 5.46. The minimum absolute atomic E-state index is 0.644. The van der Waals surface area contributed by atoms with E-state index in [4.69, 9.17) is 0 Å². The molecule has 0 heterocycles. The summed E-state index contributed by atoms with van der Waals surface area (Å²) in [5.41, 5.74) is -12.5. The van der Waals surface area contributed by atoms with Crippen molar-refractivity contribution < 1.29 is 53.4 Å². The zero-order chi connectivity index (χ0) is 19.6. The van der Waals surface area contributed by atoms with Crippen LogP contribution >= 0.6 is 0 Å². The van der Waals surface area contributed by atoms with Crippen LogP contribution in [0.4, 0.5) is 43.9 Å². The third-order valence-electron chi connectivity index (χ3n) is 3.71. The lowest BCUT2D eigenvalue weighted by Crippen LogP contribution is -2.85. The number of ether oxygens (including phenoxy) is 1. The standard InChI is InChI=1S/C12H10F10O2/c1-5(2)6(23)24-4-8(14)11(19,20)9(15,16)7(3,13)10(17,18)12(8,21)22/h1,4H2,2-3H3. The van der Waals surface area contributed by atoms with Gasteiger partial charge >= 0.3 is 29.7 Å². The minimum Gasteiger partial charge on any atom is -0.458 e. The van der Waals surface area contributed by atoms with Crippen molar-refractivity contribution in [3.05, 3.63) is 12.2 Å². The summed E-state index contributed by atoms with van der Waals surface area (Å²) < 4.78 is 140. The van der Waals surface area contributed by atoms with E-state index in [1.165, 1.54) is 0 Å². The van der Waals surface area contributed by atoms with Crippen LogP contribution in [0, 0.1) is 0 Å². The van der Waals surface area contributed by atoms with Crippen LogP contribution < -0.4 is 0 Å². The monoisotopic (exact) mass is 376 g/mol. The van der Waals surface area contributed by atoms with E-state index >= 15 is 0 Å². The normalized spacial score (nSPS) is 36.0. The Labute approximate surface area is 128 Å². The van der Waals surface area contributed by atoms with Crippen LogP contribution in [0.15, 0.2) is 12.2 Å². The molecule has 0 aromatic heterocycles. The molecule has 0 radical (unpaired) electrons. The maximum absolute atomic E-state index is 14.2. The predicted octanol–water partition coefficient (Wildman–Crippen LogP) is 4.10. The van der Waals surface area contributed by atoms with Gasteiger partial charge in [-0.1, -0.05) is 6.58 Å². The van der Waals surface area contributed by atoms with Gasteiger partial charge in [-0.2, -0.15) is 35.1 Å². The van der Waals surface area contributed by atoms with Crippen LogP contribution in [0.1, 0.15) is 13.8 Å². The van der Waals surface area contributed by atoms with Gasteiger partial charge in [-0.05, 0) is 13.8 Å². The number of carbonyl (C=O) groups is 1. The van der Waals surface area contributed by atoms with Crippen molar-refractivity contribution in [2.75, 3.05) is 6.61 Å². The molecule has 0 unspecified atom stereocenters. The van der Waals surface area contributed by atoms with E-state index in [1.54, 1.807) is 0 Å². The lowest BCUT2D eigenvalue weighted by molar-refractivity contribution is -0.459. The van der Waals surface area contributed by atoms with E-state index < -0.39 is 60.1 Å². The van der Waals surface area contributed by atoms with Gasteiger partial charge in [-0.15, -0.1) is 0 Å². The van der Waals surface area contributed by atoms with Crippen molar-refractivity contribution in [3.63, 3.8) is 0 Å². The highest BCUT2D eigenvalue weighted by molar-refractivity contribution is 5.87. The molecule has 0 N–H and O–H groups in total. The fourth-order valence-electron chi connectivity index (χ4n) is 1.95. The van der Waals surface area contributed by atoms with Gasteiger partial charge in [0.05, 0.1) is 0 Å². The maximum Gasteiger partial charge on any atom is 0.356 e. The van der Waals surface area contributed by atoms with Crippen LogP contribution in [0.3, 0.4) is 0 Å². The molecule has 1 rings (SSSR count). The van der Waals surface area contributed by atoms with Crippen molar-refractivity contribution in [2.45, 2.75) is 48.9 Å². The third kappa shape index (κ3) is 2.00. The number of alkyl halides is 10. The molecule has 0 aliphatic heterocycles. The van der Waals surface area contributed by atoms with Crippen molar-refractivity contribution in [2.24, 2.45) is 0 Å². The highest BCUT2D eigenvalue weighted by atomic mass is 19.4. The minimum atomic E-state index is -6.63. The SMILES string of the molecule is C=C(C)C(=O)OCC1(F)C(F)(F)C(F)(F)C(C)(F)C(F)(F)C1(F)F. The zero-order valence-corrected chi connectivity index (χ0v) is 12.0. The summed E-state index contributed by atoms with van der Waals surface area (Å²) in [5.74, 6) is -28.1. The lowest BCUT2D eigenvalue weighted by Gasteiger charge is -2.54. The molecule has 140 valence electrons. The number of carbonyl (C=O) groups excluding carboxylic acids is 1. The summed E-state index contributed by atoms with van der Waals surface area (Å²) in [6.45, 7) is -0.0500. The number of hydrogen-bond donors (Lipinski definition) is 0. The molecule has 0 amide bonds. The summed E-state index contributed by atoms with van der Waals surface area (Å²) in [6, 6.07) is 0. The Morgan fingerprint density at radius 2 is 1.17 bits per heavy atom. The zero-order valence-electron chi connectivity index (χ0n) is 12.0. The molecule has 1 aliphatic rings. The first-order valence-electron chi connectivity index (χ1n) is 6.04. The van der Waals surface area contributed by atoms with E-state index in [9.17, 15) is 48.7 Å². The Balaban J connectivity index is 3.57. The van der Waals surface area contributed by atoms with Crippen molar-refractivity contribution in [1.82, 2.24) is 0 Å². The molecule has 0 bridgehead atoms. The molecule has 12 heteroatoms. The number of halogens is 10. The largest absolute Gasteiger partial charge is 0.458 e. The smallest absolute Gasteiger partial charge is 0.356 e. The Morgan fingerprint density at radius 3 is 1.46 bits per heavy atom. The highest BCUT2D eigenvalue weighted by Crippen LogP contribution is 2.68. The first kappa shape index (κ1) is 20.6. The molecule has 24 heavy (non-hydrogen) atoms. The fourth-order valence-corrected chi connectivity index (χ4v) is 1.95. The highest BCUT2D eigenvalue weighted by Gasteiger charge is 2.98. The fraction of sp³-hybridized carbons (Fsp3) is 0.750.